The number of carbonyl (C=O) groups excluding carboxylic acids is 1. The Labute approximate surface area is 112 Å². The molecule has 0 unspecified atom stereocenters. The van der Waals surface area contributed by atoms with Crippen LogP contribution in [0.2, 0.25) is 0 Å². The van der Waals surface area contributed by atoms with E-state index in [1.807, 2.05) is 56.3 Å². The van der Waals surface area contributed by atoms with Crippen LogP contribution in [0.1, 0.15) is 16.7 Å². The fourth-order valence-electron chi connectivity index (χ4n) is 2.25. The van der Waals surface area contributed by atoms with Gasteiger partial charge >= 0.3 is 0 Å². The van der Waals surface area contributed by atoms with E-state index in [1.54, 1.807) is 0 Å². The third-order valence-electron chi connectivity index (χ3n) is 3.33. The quantitative estimate of drug-likeness (QED) is 0.828. The Hall–Kier alpha value is -2.42. The predicted molar refractivity (Wildman–Crippen MR) is 77.2 cm³/mol. The predicted octanol–water partition coefficient (Wildman–Crippen LogP) is 3.38. The minimum Gasteiger partial charge on any atom is -0.320 e. The average Bonchev–Trinajstić information content (AvgIpc) is 2.71. The highest BCUT2D eigenvalue weighted by atomic mass is 16.2. The van der Waals surface area contributed by atoms with Gasteiger partial charge in [0, 0.05) is 5.56 Å². The van der Waals surface area contributed by atoms with Crippen molar-refractivity contribution in [3.05, 3.63) is 59.2 Å². The van der Waals surface area contributed by atoms with Gasteiger partial charge in [0.1, 0.15) is 5.71 Å². The monoisotopic (exact) mass is 250 g/mol. The van der Waals surface area contributed by atoms with Gasteiger partial charge in [-0.2, -0.15) is 0 Å². The smallest absolute Gasteiger partial charge is 0.275 e. The van der Waals surface area contributed by atoms with Crippen molar-refractivity contribution in [3.63, 3.8) is 0 Å². The number of nitrogens with one attached hydrogen (secondary N) is 1. The van der Waals surface area contributed by atoms with Crippen LogP contribution >= 0.6 is 0 Å². The Kier molecular flexibility index (Phi) is 2.67. The van der Waals surface area contributed by atoms with Crippen molar-refractivity contribution in [2.24, 2.45) is 4.99 Å². The molecule has 1 heterocycles. The van der Waals surface area contributed by atoms with Crippen molar-refractivity contribution in [1.29, 1.82) is 0 Å². The lowest BCUT2D eigenvalue weighted by Crippen LogP contribution is -2.14. The summed E-state index contributed by atoms with van der Waals surface area (Å²) in [4.78, 5) is 16.6. The Bertz CT molecular complexity index is 702. The molecule has 19 heavy (non-hydrogen) atoms. The molecular weight excluding hydrogens is 236 g/mol. The average molecular weight is 250 g/mol. The molecule has 0 saturated carbocycles. The van der Waals surface area contributed by atoms with E-state index in [9.17, 15) is 4.79 Å². The number of para-hydroxylation sites is 2. The number of aryl methyl sites for hydroxylation is 2. The molecule has 3 rings (SSSR count). The highest BCUT2D eigenvalue weighted by Crippen LogP contribution is 2.29. The number of fused-ring (bicyclic) bond motifs is 1. The molecule has 0 bridgehead atoms. The molecule has 1 amide bonds. The molecule has 0 radical (unpaired) electrons. The summed E-state index contributed by atoms with van der Waals surface area (Å²) in [7, 11) is 0. The molecule has 3 heteroatoms. The number of amides is 1. The molecule has 1 aliphatic heterocycles. The summed E-state index contributed by atoms with van der Waals surface area (Å²) in [5, 5.41) is 2.89. The van der Waals surface area contributed by atoms with E-state index in [2.05, 4.69) is 10.3 Å². The number of anilines is 1. The lowest BCUT2D eigenvalue weighted by Gasteiger charge is -2.02. The number of carbonyl (C=O) groups is 1. The maximum Gasteiger partial charge on any atom is 0.275 e. The number of nitrogens with zero attached hydrogens (tertiary/aromatic N) is 1. The fourth-order valence-corrected chi connectivity index (χ4v) is 2.25. The summed E-state index contributed by atoms with van der Waals surface area (Å²) in [6.45, 7) is 3.97. The van der Waals surface area contributed by atoms with Crippen molar-refractivity contribution >= 4 is 23.0 Å². The van der Waals surface area contributed by atoms with Gasteiger partial charge in [-0.1, -0.05) is 36.4 Å². The van der Waals surface area contributed by atoms with Crippen LogP contribution in [0.4, 0.5) is 11.4 Å². The SMILES string of the molecule is Cc1ccccc1N=C1C(=O)Nc2c(C)cccc21. The number of hydrogen-bond donors (Lipinski definition) is 1. The van der Waals surface area contributed by atoms with E-state index in [0.717, 1.165) is 28.1 Å². The van der Waals surface area contributed by atoms with Crippen LogP contribution in [0.15, 0.2) is 47.5 Å². The van der Waals surface area contributed by atoms with Crippen LogP contribution in [-0.4, -0.2) is 11.6 Å². The van der Waals surface area contributed by atoms with Crippen LogP contribution < -0.4 is 5.32 Å². The third kappa shape index (κ3) is 1.93. The first-order valence-electron chi connectivity index (χ1n) is 6.22. The van der Waals surface area contributed by atoms with Gasteiger partial charge in [0.15, 0.2) is 0 Å². The molecule has 1 aliphatic rings. The van der Waals surface area contributed by atoms with Gasteiger partial charge in [0.05, 0.1) is 11.4 Å². The molecule has 0 spiro atoms. The van der Waals surface area contributed by atoms with E-state index >= 15 is 0 Å². The number of benzene rings is 2. The van der Waals surface area contributed by atoms with E-state index in [-0.39, 0.29) is 5.91 Å². The van der Waals surface area contributed by atoms with Crippen molar-refractivity contribution in [1.82, 2.24) is 0 Å². The third-order valence-corrected chi connectivity index (χ3v) is 3.33. The summed E-state index contributed by atoms with van der Waals surface area (Å²) in [5.41, 5.74) is 5.20. The van der Waals surface area contributed by atoms with Crippen LogP contribution in [0, 0.1) is 13.8 Å². The topological polar surface area (TPSA) is 41.5 Å². The Balaban J connectivity index is 2.15. The first kappa shape index (κ1) is 11.7. The summed E-state index contributed by atoms with van der Waals surface area (Å²) < 4.78 is 0. The maximum atomic E-state index is 12.1. The van der Waals surface area contributed by atoms with E-state index in [1.165, 1.54) is 0 Å². The van der Waals surface area contributed by atoms with Crippen LogP contribution in [-0.2, 0) is 4.79 Å². The van der Waals surface area contributed by atoms with Crippen molar-refractivity contribution in [2.45, 2.75) is 13.8 Å². The van der Waals surface area contributed by atoms with Crippen LogP contribution in [0.25, 0.3) is 0 Å². The molecule has 0 saturated heterocycles. The summed E-state index contributed by atoms with van der Waals surface area (Å²) in [6, 6.07) is 13.7. The Morgan fingerprint density at radius 3 is 2.47 bits per heavy atom. The molecule has 3 nitrogen and oxygen atoms in total. The summed E-state index contributed by atoms with van der Waals surface area (Å²) >= 11 is 0. The van der Waals surface area contributed by atoms with Gasteiger partial charge in [0.2, 0.25) is 0 Å². The summed E-state index contributed by atoms with van der Waals surface area (Å²) in [6.07, 6.45) is 0. The second-order valence-electron chi connectivity index (χ2n) is 4.70. The normalized spacial score (nSPS) is 15.5. The number of aliphatic imine (C=N–C) groups is 1. The van der Waals surface area contributed by atoms with Gasteiger partial charge in [-0.05, 0) is 31.0 Å². The highest BCUT2D eigenvalue weighted by molar-refractivity contribution is 6.54. The van der Waals surface area contributed by atoms with E-state index in [0.29, 0.717) is 5.71 Å². The van der Waals surface area contributed by atoms with Crippen molar-refractivity contribution < 1.29 is 4.79 Å². The van der Waals surface area contributed by atoms with Gasteiger partial charge in [-0.25, -0.2) is 4.99 Å². The molecular formula is C16H14N2O. The molecule has 0 aromatic heterocycles. The van der Waals surface area contributed by atoms with Crippen molar-refractivity contribution in [3.8, 4) is 0 Å². The zero-order chi connectivity index (χ0) is 13.4. The van der Waals surface area contributed by atoms with E-state index < -0.39 is 0 Å². The van der Waals surface area contributed by atoms with Crippen molar-refractivity contribution in [2.75, 3.05) is 5.32 Å². The first-order chi connectivity index (χ1) is 9.16. The first-order valence-corrected chi connectivity index (χ1v) is 6.22. The molecule has 0 aliphatic carbocycles. The van der Waals surface area contributed by atoms with Gasteiger partial charge < -0.3 is 5.32 Å². The number of rotatable bonds is 1. The number of hydrogen-bond acceptors (Lipinski definition) is 2. The second-order valence-corrected chi connectivity index (χ2v) is 4.70. The highest BCUT2D eigenvalue weighted by Gasteiger charge is 2.26. The van der Waals surface area contributed by atoms with Crippen LogP contribution in [0.5, 0.6) is 0 Å². The maximum absolute atomic E-state index is 12.1. The van der Waals surface area contributed by atoms with Gasteiger partial charge in [-0.15, -0.1) is 0 Å². The minimum absolute atomic E-state index is 0.132. The lowest BCUT2D eigenvalue weighted by atomic mass is 10.1. The summed E-state index contributed by atoms with van der Waals surface area (Å²) in [5.74, 6) is -0.132. The molecule has 94 valence electrons. The Morgan fingerprint density at radius 2 is 1.68 bits per heavy atom. The lowest BCUT2D eigenvalue weighted by molar-refractivity contribution is -0.110. The molecule has 0 fully saturated rings. The van der Waals surface area contributed by atoms with Gasteiger partial charge in [-0.3, -0.25) is 4.79 Å². The zero-order valence-corrected chi connectivity index (χ0v) is 10.9. The second kappa shape index (κ2) is 4.35. The standard InChI is InChI=1S/C16H14N2O/c1-10-6-3-4-9-13(10)17-15-12-8-5-7-11(2)14(12)18-16(15)19/h3-9H,1-2H3,(H,17,18,19). The van der Waals surface area contributed by atoms with Gasteiger partial charge in [0.25, 0.3) is 5.91 Å². The molecule has 2 aromatic carbocycles. The minimum atomic E-state index is -0.132. The zero-order valence-electron chi connectivity index (χ0n) is 10.9. The largest absolute Gasteiger partial charge is 0.320 e. The van der Waals surface area contributed by atoms with Crippen LogP contribution in [0.3, 0.4) is 0 Å². The molecule has 0 atom stereocenters. The van der Waals surface area contributed by atoms with E-state index in [4.69, 9.17) is 0 Å². The fraction of sp³-hybridized carbons (Fsp3) is 0.125. The molecule has 2 aromatic rings. The Morgan fingerprint density at radius 1 is 0.947 bits per heavy atom. The molecule has 1 N–H and O–H groups in total.